The van der Waals surface area contributed by atoms with Crippen LogP contribution in [0, 0.1) is 31.1 Å². The highest BCUT2D eigenvalue weighted by Gasteiger charge is 2.37. The fourth-order valence-electron chi connectivity index (χ4n) is 3.08. The van der Waals surface area contributed by atoms with Crippen LogP contribution in [0.15, 0.2) is 42.5 Å². The van der Waals surface area contributed by atoms with Crippen molar-refractivity contribution in [2.24, 2.45) is 5.92 Å². The zero-order valence-electron chi connectivity index (χ0n) is 14.4. The lowest BCUT2D eigenvalue weighted by Gasteiger charge is -2.18. The van der Waals surface area contributed by atoms with Gasteiger partial charge in [-0.3, -0.25) is 4.79 Å². The number of carbonyl (C=O) groups is 1. The summed E-state index contributed by atoms with van der Waals surface area (Å²) in [5, 5.41) is 9.45. The van der Waals surface area contributed by atoms with E-state index in [1.165, 1.54) is 0 Å². The SMILES string of the molecule is Cc1ccc(C)c(C(=O)N2C[C@@H](C#N)[C@H](Oc3cccc(N)c3)C2)c1. The van der Waals surface area contributed by atoms with E-state index in [1.54, 1.807) is 29.2 Å². The van der Waals surface area contributed by atoms with E-state index in [1.807, 2.05) is 32.0 Å². The van der Waals surface area contributed by atoms with Gasteiger partial charge in [0.1, 0.15) is 17.8 Å². The summed E-state index contributed by atoms with van der Waals surface area (Å²) in [6, 6.07) is 15.2. The zero-order valence-corrected chi connectivity index (χ0v) is 14.4. The largest absolute Gasteiger partial charge is 0.487 e. The maximum absolute atomic E-state index is 12.9. The van der Waals surface area contributed by atoms with Crippen LogP contribution in [0.5, 0.6) is 5.75 Å². The van der Waals surface area contributed by atoms with Crippen molar-refractivity contribution >= 4 is 11.6 Å². The number of anilines is 1. The van der Waals surface area contributed by atoms with E-state index in [-0.39, 0.29) is 17.9 Å². The fraction of sp³-hybridized carbons (Fsp3) is 0.300. The van der Waals surface area contributed by atoms with Gasteiger partial charge in [-0.05, 0) is 37.6 Å². The third kappa shape index (κ3) is 3.58. The van der Waals surface area contributed by atoms with Gasteiger partial charge in [-0.15, -0.1) is 0 Å². The Balaban J connectivity index is 1.78. The molecule has 25 heavy (non-hydrogen) atoms. The molecule has 2 aromatic carbocycles. The smallest absolute Gasteiger partial charge is 0.254 e. The summed E-state index contributed by atoms with van der Waals surface area (Å²) in [6.07, 6.45) is -0.360. The molecule has 1 aliphatic rings. The molecule has 3 rings (SSSR count). The monoisotopic (exact) mass is 335 g/mol. The van der Waals surface area contributed by atoms with Gasteiger partial charge < -0.3 is 15.4 Å². The van der Waals surface area contributed by atoms with Crippen LogP contribution in [0.4, 0.5) is 5.69 Å². The maximum atomic E-state index is 12.9. The molecule has 0 aliphatic carbocycles. The number of rotatable bonds is 3. The molecule has 0 aromatic heterocycles. The van der Waals surface area contributed by atoms with Crippen LogP contribution in [-0.4, -0.2) is 30.0 Å². The molecule has 0 radical (unpaired) electrons. The van der Waals surface area contributed by atoms with Crippen molar-refractivity contribution in [1.82, 2.24) is 4.90 Å². The second kappa shape index (κ2) is 6.86. The van der Waals surface area contributed by atoms with E-state index in [4.69, 9.17) is 10.5 Å². The molecule has 1 heterocycles. The van der Waals surface area contributed by atoms with Gasteiger partial charge in [0, 0.05) is 23.9 Å². The Labute approximate surface area is 147 Å². The Hall–Kier alpha value is -3.00. The van der Waals surface area contributed by atoms with Crippen molar-refractivity contribution in [2.75, 3.05) is 18.8 Å². The standard InChI is InChI=1S/C20H21N3O2/c1-13-6-7-14(2)18(8-13)20(24)23-11-15(10-21)19(12-23)25-17-5-3-4-16(22)9-17/h3-9,15,19H,11-12,22H2,1-2H3/t15-,19-/m1/s1. The first kappa shape index (κ1) is 16.8. The Bertz CT molecular complexity index is 841. The normalized spacial score (nSPS) is 19.5. The molecule has 0 bridgehead atoms. The number of carbonyl (C=O) groups excluding carboxylic acids is 1. The van der Waals surface area contributed by atoms with Crippen LogP contribution >= 0.6 is 0 Å². The van der Waals surface area contributed by atoms with Crippen LogP contribution < -0.4 is 10.5 Å². The number of hydrogen-bond donors (Lipinski definition) is 1. The fourth-order valence-corrected chi connectivity index (χ4v) is 3.08. The Morgan fingerprint density at radius 3 is 2.76 bits per heavy atom. The molecule has 2 atom stereocenters. The van der Waals surface area contributed by atoms with Crippen LogP contribution in [0.3, 0.4) is 0 Å². The van der Waals surface area contributed by atoms with Gasteiger partial charge in [-0.1, -0.05) is 23.8 Å². The highest BCUT2D eigenvalue weighted by atomic mass is 16.5. The lowest BCUT2D eigenvalue weighted by molar-refractivity contribution is 0.0771. The quantitative estimate of drug-likeness (QED) is 0.875. The lowest BCUT2D eigenvalue weighted by atomic mass is 10.0. The van der Waals surface area contributed by atoms with Crippen LogP contribution in [0.2, 0.25) is 0 Å². The number of nitrogens with two attached hydrogens (primary N) is 1. The summed E-state index contributed by atoms with van der Waals surface area (Å²) in [6.45, 7) is 4.64. The van der Waals surface area contributed by atoms with Gasteiger partial charge in [-0.25, -0.2) is 0 Å². The molecule has 5 nitrogen and oxygen atoms in total. The first-order valence-electron chi connectivity index (χ1n) is 8.26. The minimum atomic E-state index is -0.365. The number of nitrogens with zero attached hydrogens (tertiary/aromatic N) is 2. The molecule has 0 spiro atoms. The highest BCUT2D eigenvalue weighted by molar-refractivity contribution is 5.96. The van der Waals surface area contributed by atoms with Crippen molar-refractivity contribution in [1.29, 1.82) is 5.26 Å². The molecule has 0 saturated carbocycles. The topological polar surface area (TPSA) is 79.3 Å². The van der Waals surface area contributed by atoms with E-state index >= 15 is 0 Å². The maximum Gasteiger partial charge on any atom is 0.254 e. The van der Waals surface area contributed by atoms with Crippen LogP contribution in [0.25, 0.3) is 0 Å². The Morgan fingerprint density at radius 1 is 1.24 bits per heavy atom. The van der Waals surface area contributed by atoms with E-state index in [0.29, 0.717) is 30.1 Å². The van der Waals surface area contributed by atoms with Crippen molar-refractivity contribution in [3.8, 4) is 11.8 Å². The minimum Gasteiger partial charge on any atom is -0.487 e. The molecule has 5 heteroatoms. The van der Waals surface area contributed by atoms with Crippen LogP contribution in [0.1, 0.15) is 21.5 Å². The predicted octanol–water partition coefficient (Wildman–Crippen LogP) is 2.93. The molecular formula is C20H21N3O2. The number of benzene rings is 2. The minimum absolute atomic E-state index is 0.0554. The number of likely N-dealkylation sites (tertiary alicyclic amines) is 1. The van der Waals surface area contributed by atoms with Crippen LogP contribution in [-0.2, 0) is 0 Å². The number of amides is 1. The average Bonchev–Trinajstić information content (AvgIpc) is 2.99. The second-order valence-electron chi connectivity index (χ2n) is 6.49. The van der Waals surface area contributed by atoms with Crippen molar-refractivity contribution < 1.29 is 9.53 Å². The third-order valence-electron chi connectivity index (χ3n) is 4.49. The molecule has 128 valence electrons. The Kier molecular flexibility index (Phi) is 4.62. The molecule has 1 fully saturated rings. The Morgan fingerprint density at radius 2 is 2.04 bits per heavy atom. The molecule has 0 unspecified atom stereocenters. The predicted molar refractivity (Wildman–Crippen MR) is 96.2 cm³/mol. The number of hydrogen-bond acceptors (Lipinski definition) is 4. The molecule has 1 amide bonds. The summed E-state index contributed by atoms with van der Waals surface area (Å²) in [7, 11) is 0. The summed E-state index contributed by atoms with van der Waals surface area (Å²) < 4.78 is 5.93. The number of ether oxygens (including phenoxy) is 1. The summed E-state index contributed by atoms with van der Waals surface area (Å²) >= 11 is 0. The zero-order chi connectivity index (χ0) is 18.0. The lowest BCUT2D eigenvalue weighted by Crippen LogP contribution is -2.31. The average molecular weight is 335 g/mol. The third-order valence-corrected chi connectivity index (χ3v) is 4.49. The van der Waals surface area contributed by atoms with E-state index in [9.17, 15) is 10.1 Å². The van der Waals surface area contributed by atoms with Gasteiger partial charge in [0.25, 0.3) is 5.91 Å². The summed E-state index contributed by atoms with van der Waals surface area (Å²) in [5.74, 6) is 0.196. The van der Waals surface area contributed by atoms with Crippen molar-refractivity contribution in [3.05, 3.63) is 59.2 Å². The van der Waals surface area contributed by atoms with Gasteiger partial charge in [-0.2, -0.15) is 5.26 Å². The molecule has 2 aromatic rings. The van der Waals surface area contributed by atoms with Gasteiger partial charge >= 0.3 is 0 Å². The number of nitriles is 1. The number of nitrogen functional groups attached to an aromatic ring is 1. The molecule has 2 N–H and O–H groups in total. The van der Waals surface area contributed by atoms with E-state index in [2.05, 4.69) is 6.07 Å². The first-order valence-corrected chi connectivity index (χ1v) is 8.26. The molecular weight excluding hydrogens is 314 g/mol. The summed E-state index contributed by atoms with van der Waals surface area (Å²) in [5.41, 5.74) is 9.03. The van der Waals surface area contributed by atoms with Gasteiger partial charge in [0.15, 0.2) is 0 Å². The van der Waals surface area contributed by atoms with Crippen molar-refractivity contribution in [2.45, 2.75) is 20.0 Å². The number of aryl methyl sites for hydroxylation is 2. The summed E-state index contributed by atoms with van der Waals surface area (Å²) in [4.78, 5) is 14.6. The van der Waals surface area contributed by atoms with E-state index < -0.39 is 0 Å². The van der Waals surface area contributed by atoms with Crippen molar-refractivity contribution in [3.63, 3.8) is 0 Å². The van der Waals surface area contributed by atoms with Gasteiger partial charge in [0.2, 0.25) is 0 Å². The molecule has 1 saturated heterocycles. The molecule has 1 aliphatic heterocycles. The highest BCUT2D eigenvalue weighted by Crippen LogP contribution is 2.26. The van der Waals surface area contributed by atoms with Gasteiger partial charge in [0.05, 0.1) is 12.6 Å². The van der Waals surface area contributed by atoms with E-state index in [0.717, 1.165) is 11.1 Å². The second-order valence-corrected chi connectivity index (χ2v) is 6.49. The first-order chi connectivity index (χ1) is 12.0.